The van der Waals surface area contributed by atoms with Crippen LogP contribution in [0.4, 0.5) is 14.9 Å². The van der Waals surface area contributed by atoms with Crippen LogP contribution in [0.15, 0.2) is 24.3 Å². The van der Waals surface area contributed by atoms with E-state index in [1.807, 2.05) is 0 Å². The van der Waals surface area contributed by atoms with Crippen molar-refractivity contribution in [2.75, 3.05) is 11.4 Å². The van der Waals surface area contributed by atoms with Crippen molar-refractivity contribution in [3.8, 4) is 0 Å². The lowest BCUT2D eigenvalue weighted by Gasteiger charge is -2.17. The molecule has 80 valence electrons. The van der Waals surface area contributed by atoms with Gasteiger partial charge in [0.05, 0.1) is 0 Å². The Bertz CT molecular complexity index is 367. The van der Waals surface area contributed by atoms with Gasteiger partial charge in [0.2, 0.25) is 0 Å². The lowest BCUT2D eigenvalue weighted by Crippen LogP contribution is -2.30. The van der Waals surface area contributed by atoms with Crippen molar-refractivity contribution < 1.29 is 19.1 Å². The van der Waals surface area contributed by atoms with Crippen LogP contribution >= 0.6 is 0 Å². The minimum atomic E-state index is -1.21. The largest absolute Gasteiger partial charge is 0.465 e. The number of carboxylic acid groups (broad SMARTS) is 1. The highest BCUT2D eigenvalue weighted by molar-refractivity contribution is 5.86. The SMILES string of the molecule is O=CCCN(C(=O)O)c1cccc(F)c1. The van der Waals surface area contributed by atoms with E-state index in [0.717, 1.165) is 11.0 Å². The standard InChI is InChI=1S/C10H10FNO3/c11-8-3-1-4-9(7-8)12(10(14)15)5-2-6-13/h1,3-4,6-7H,2,5H2,(H,14,15). The highest BCUT2D eigenvalue weighted by Crippen LogP contribution is 2.15. The van der Waals surface area contributed by atoms with Gasteiger partial charge in [-0.15, -0.1) is 0 Å². The minimum absolute atomic E-state index is 0.0300. The zero-order valence-electron chi connectivity index (χ0n) is 7.89. The van der Waals surface area contributed by atoms with Gasteiger partial charge in [0.1, 0.15) is 12.1 Å². The molecule has 1 rings (SSSR count). The second-order valence-corrected chi connectivity index (χ2v) is 2.87. The summed E-state index contributed by atoms with van der Waals surface area (Å²) in [5.74, 6) is -0.509. The van der Waals surface area contributed by atoms with Crippen molar-refractivity contribution in [2.45, 2.75) is 6.42 Å². The summed E-state index contributed by atoms with van der Waals surface area (Å²) in [5, 5.41) is 8.83. The summed E-state index contributed by atoms with van der Waals surface area (Å²) in [5.41, 5.74) is 0.226. The summed E-state index contributed by atoms with van der Waals surface area (Å²) in [6.07, 6.45) is -0.500. The minimum Gasteiger partial charge on any atom is -0.465 e. The molecular weight excluding hydrogens is 201 g/mol. The van der Waals surface area contributed by atoms with Crippen LogP contribution < -0.4 is 4.90 Å². The average molecular weight is 211 g/mol. The van der Waals surface area contributed by atoms with E-state index in [2.05, 4.69) is 0 Å². The molecule has 0 fully saturated rings. The average Bonchev–Trinajstić information content (AvgIpc) is 2.18. The highest BCUT2D eigenvalue weighted by Gasteiger charge is 2.13. The van der Waals surface area contributed by atoms with E-state index in [1.54, 1.807) is 0 Å². The first-order chi connectivity index (χ1) is 7.15. The van der Waals surface area contributed by atoms with Gasteiger partial charge in [-0.3, -0.25) is 4.90 Å². The van der Waals surface area contributed by atoms with Gasteiger partial charge in [0.25, 0.3) is 0 Å². The van der Waals surface area contributed by atoms with E-state index in [0.29, 0.717) is 6.29 Å². The lowest BCUT2D eigenvalue weighted by molar-refractivity contribution is -0.107. The van der Waals surface area contributed by atoms with Crippen LogP contribution in [0.2, 0.25) is 0 Å². The zero-order chi connectivity index (χ0) is 11.3. The number of hydrogen-bond donors (Lipinski definition) is 1. The van der Waals surface area contributed by atoms with Gasteiger partial charge in [-0.25, -0.2) is 9.18 Å². The summed E-state index contributed by atoms with van der Waals surface area (Å²) in [4.78, 5) is 21.9. The molecule has 1 aromatic rings. The third-order valence-corrected chi connectivity index (χ3v) is 1.82. The number of hydrogen-bond acceptors (Lipinski definition) is 2. The molecule has 0 saturated heterocycles. The van der Waals surface area contributed by atoms with Crippen molar-refractivity contribution in [2.24, 2.45) is 0 Å². The van der Waals surface area contributed by atoms with Gasteiger partial charge in [-0.1, -0.05) is 6.07 Å². The number of rotatable bonds is 4. The number of benzene rings is 1. The topological polar surface area (TPSA) is 57.6 Å². The van der Waals surface area contributed by atoms with Crippen molar-refractivity contribution in [1.29, 1.82) is 0 Å². The molecule has 0 aliphatic heterocycles. The molecule has 1 N–H and O–H groups in total. The van der Waals surface area contributed by atoms with E-state index in [-0.39, 0.29) is 18.7 Å². The second kappa shape index (κ2) is 5.09. The van der Waals surface area contributed by atoms with Crippen molar-refractivity contribution >= 4 is 18.1 Å². The predicted octanol–water partition coefficient (Wildman–Crippen LogP) is 1.90. The number of carbonyl (C=O) groups excluding carboxylic acids is 1. The van der Waals surface area contributed by atoms with E-state index < -0.39 is 11.9 Å². The first kappa shape index (κ1) is 11.2. The fourth-order valence-corrected chi connectivity index (χ4v) is 1.16. The molecule has 15 heavy (non-hydrogen) atoms. The monoisotopic (exact) mass is 211 g/mol. The maximum atomic E-state index is 12.8. The highest BCUT2D eigenvalue weighted by atomic mass is 19.1. The maximum absolute atomic E-state index is 12.8. The van der Waals surface area contributed by atoms with Gasteiger partial charge in [0.15, 0.2) is 0 Å². The molecule has 0 spiro atoms. The van der Waals surface area contributed by atoms with E-state index in [9.17, 15) is 14.0 Å². The van der Waals surface area contributed by atoms with Crippen molar-refractivity contribution in [3.63, 3.8) is 0 Å². The Hall–Kier alpha value is -1.91. The predicted molar refractivity (Wildman–Crippen MR) is 52.5 cm³/mol. The molecule has 1 aromatic carbocycles. The number of halogens is 1. The molecule has 0 aromatic heterocycles. The third-order valence-electron chi connectivity index (χ3n) is 1.82. The fourth-order valence-electron chi connectivity index (χ4n) is 1.16. The molecule has 1 amide bonds. The molecule has 0 saturated carbocycles. The molecule has 0 atom stereocenters. The number of anilines is 1. The van der Waals surface area contributed by atoms with Gasteiger partial charge in [0, 0.05) is 18.7 Å². The lowest BCUT2D eigenvalue weighted by atomic mass is 10.2. The van der Waals surface area contributed by atoms with Crippen molar-refractivity contribution in [1.82, 2.24) is 0 Å². The Morgan fingerprint density at radius 3 is 2.80 bits per heavy atom. The Labute approximate surface area is 85.9 Å². The van der Waals surface area contributed by atoms with Gasteiger partial charge in [-0.2, -0.15) is 0 Å². The number of aldehydes is 1. The summed E-state index contributed by atoms with van der Waals surface area (Å²) in [7, 11) is 0. The van der Waals surface area contributed by atoms with Gasteiger partial charge >= 0.3 is 6.09 Å². The quantitative estimate of drug-likeness (QED) is 0.774. The van der Waals surface area contributed by atoms with Crippen LogP contribution in [0.1, 0.15) is 6.42 Å². The molecule has 0 radical (unpaired) electrons. The Morgan fingerprint density at radius 2 is 2.27 bits per heavy atom. The van der Waals surface area contributed by atoms with Gasteiger partial charge < -0.3 is 9.90 Å². The van der Waals surface area contributed by atoms with Crippen LogP contribution in [-0.4, -0.2) is 24.0 Å². The fraction of sp³-hybridized carbons (Fsp3) is 0.200. The van der Waals surface area contributed by atoms with E-state index in [1.165, 1.54) is 18.2 Å². The summed E-state index contributed by atoms with van der Waals surface area (Å²) in [6.45, 7) is 0.0300. The maximum Gasteiger partial charge on any atom is 0.411 e. The Kier molecular flexibility index (Phi) is 3.79. The number of amides is 1. The normalized spacial score (nSPS) is 9.67. The number of nitrogens with zero attached hydrogens (tertiary/aromatic N) is 1. The van der Waals surface area contributed by atoms with E-state index in [4.69, 9.17) is 5.11 Å². The first-order valence-electron chi connectivity index (χ1n) is 4.35. The molecule has 0 aliphatic rings. The van der Waals surface area contributed by atoms with E-state index >= 15 is 0 Å². The molecule has 0 heterocycles. The van der Waals surface area contributed by atoms with Crippen LogP contribution in [0, 0.1) is 5.82 Å². The molecular formula is C10H10FNO3. The third kappa shape index (κ3) is 3.05. The number of carbonyl (C=O) groups is 2. The molecule has 5 heteroatoms. The van der Waals surface area contributed by atoms with Crippen molar-refractivity contribution in [3.05, 3.63) is 30.1 Å². The first-order valence-corrected chi connectivity index (χ1v) is 4.35. The zero-order valence-corrected chi connectivity index (χ0v) is 7.89. The smallest absolute Gasteiger partial charge is 0.411 e. The Balaban J connectivity index is 2.88. The molecule has 0 bridgehead atoms. The Morgan fingerprint density at radius 1 is 1.53 bits per heavy atom. The summed E-state index contributed by atoms with van der Waals surface area (Å²) in [6, 6.07) is 5.23. The molecule has 0 aliphatic carbocycles. The van der Waals surface area contributed by atoms with Crippen LogP contribution in [-0.2, 0) is 4.79 Å². The van der Waals surface area contributed by atoms with Crippen LogP contribution in [0.25, 0.3) is 0 Å². The molecule has 4 nitrogen and oxygen atoms in total. The molecule has 0 unspecified atom stereocenters. The van der Waals surface area contributed by atoms with Crippen LogP contribution in [0.5, 0.6) is 0 Å². The second-order valence-electron chi connectivity index (χ2n) is 2.87. The van der Waals surface area contributed by atoms with Crippen LogP contribution in [0.3, 0.4) is 0 Å². The summed E-state index contributed by atoms with van der Waals surface area (Å²) < 4.78 is 12.8. The van der Waals surface area contributed by atoms with Gasteiger partial charge in [-0.05, 0) is 18.2 Å². The summed E-state index contributed by atoms with van der Waals surface area (Å²) >= 11 is 0.